The quantitative estimate of drug-likeness (QED) is 0.779. The molecule has 8 nitrogen and oxygen atoms in total. The van der Waals surface area contributed by atoms with Gasteiger partial charge in [0.05, 0.1) is 6.61 Å². The molecule has 132 valence electrons. The molecule has 1 aromatic heterocycles. The second-order valence-corrected chi connectivity index (χ2v) is 6.58. The van der Waals surface area contributed by atoms with Crippen molar-refractivity contribution >= 4 is 11.7 Å². The van der Waals surface area contributed by atoms with Crippen molar-refractivity contribution in [3.05, 3.63) is 22.7 Å². The van der Waals surface area contributed by atoms with E-state index in [0.29, 0.717) is 25.5 Å². The Labute approximate surface area is 141 Å². The lowest BCUT2D eigenvalue weighted by atomic mass is 10.1. The van der Waals surface area contributed by atoms with Crippen molar-refractivity contribution in [3.63, 3.8) is 0 Å². The number of anilines is 1. The molecule has 1 N–H and O–H groups in total. The molecule has 2 aliphatic rings. The minimum atomic E-state index is -0.415. The summed E-state index contributed by atoms with van der Waals surface area (Å²) in [5.41, 5.74) is -0.110. The summed E-state index contributed by atoms with van der Waals surface area (Å²) in [6.07, 6.45) is 4.67. The third-order valence-electron chi connectivity index (χ3n) is 4.63. The monoisotopic (exact) mass is 335 g/mol. The van der Waals surface area contributed by atoms with E-state index in [9.17, 15) is 9.59 Å². The van der Waals surface area contributed by atoms with Crippen LogP contribution in [0.3, 0.4) is 0 Å². The average Bonchev–Trinajstić information content (AvgIpc) is 2.57. The maximum Gasteiger partial charge on any atom is 0.293 e. The molecule has 3 heterocycles. The van der Waals surface area contributed by atoms with Gasteiger partial charge >= 0.3 is 0 Å². The fourth-order valence-electron chi connectivity index (χ4n) is 3.22. The Balaban J connectivity index is 1.62. The maximum absolute atomic E-state index is 12.4. The number of nitrogens with one attached hydrogen (secondary N) is 1. The molecule has 24 heavy (non-hydrogen) atoms. The zero-order valence-corrected chi connectivity index (χ0v) is 14.3. The Morgan fingerprint density at radius 2 is 2.17 bits per heavy atom. The molecule has 2 saturated heterocycles. The molecule has 3 rings (SSSR count). The number of hydrogen-bond acceptors (Lipinski definition) is 6. The van der Waals surface area contributed by atoms with E-state index >= 15 is 0 Å². The number of rotatable bonds is 3. The molecule has 8 heteroatoms. The van der Waals surface area contributed by atoms with Crippen molar-refractivity contribution in [1.29, 1.82) is 0 Å². The van der Waals surface area contributed by atoms with Gasteiger partial charge in [0.1, 0.15) is 6.10 Å². The number of carbonyl (C=O) groups excluding carboxylic acids is 1. The van der Waals surface area contributed by atoms with E-state index in [4.69, 9.17) is 4.74 Å². The van der Waals surface area contributed by atoms with Gasteiger partial charge in [-0.2, -0.15) is 0 Å². The first-order valence-corrected chi connectivity index (χ1v) is 8.41. The summed E-state index contributed by atoms with van der Waals surface area (Å²) in [6, 6.07) is 0.00814. The van der Waals surface area contributed by atoms with Crippen LogP contribution in [0.25, 0.3) is 0 Å². The number of aromatic nitrogens is 2. The lowest BCUT2D eigenvalue weighted by Crippen LogP contribution is -2.54. The van der Waals surface area contributed by atoms with Crippen molar-refractivity contribution in [2.45, 2.75) is 25.0 Å². The Morgan fingerprint density at radius 3 is 2.96 bits per heavy atom. The van der Waals surface area contributed by atoms with Crippen LogP contribution in [0.5, 0.6) is 0 Å². The number of morpholine rings is 1. The molecular weight excluding hydrogens is 310 g/mol. The van der Waals surface area contributed by atoms with Gasteiger partial charge in [-0.1, -0.05) is 0 Å². The van der Waals surface area contributed by atoms with Gasteiger partial charge in [0.25, 0.3) is 11.5 Å². The third-order valence-corrected chi connectivity index (χ3v) is 4.63. The van der Waals surface area contributed by atoms with Crippen molar-refractivity contribution < 1.29 is 9.53 Å². The van der Waals surface area contributed by atoms with Crippen LogP contribution >= 0.6 is 0 Å². The standard InChI is InChI=1S/C16H25N5O3/c1-19-8-9-24-13(11-19)15(22)18-12-4-3-6-21(10-12)14-16(23)20(2)7-5-17-14/h5,7,12-13H,3-4,6,8-11H2,1-2H3,(H,18,22). The zero-order valence-electron chi connectivity index (χ0n) is 14.3. The van der Waals surface area contributed by atoms with E-state index in [1.165, 1.54) is 4.57 Å². The van der Waals surface area contributed by atoms with Crippen LogP contribution in [0, 0.1) is 0 Å². The Bertz CT molecular complexity index is 647. The first-order valence-electron chi connectivity index (χ1n) is 8.41. The number of piperidine rings is 1. The van der Waals surface area contributed by atoms with E-state index in [0.717, 1.165) is 25.9 Å². The van der Waals surface area contributed by atoms with E-state index in [1.54, 1.807) is 19.4 Å². The number of aryl methyl sites for hydroxylation is 1. The maximum atomic E-state index is 12.4. The smallest absolute Gasteiger partial charge is 0.293 e. The number of hydrogen-bond donors (Lipinski definition) is 1. The lowest BCUT2D eigenvalue weighted by molar-refractivity contribution is -0.138. The number of carbonyl (C=O) groups is 1. The molecular formula is C16H25N5O3. The second-order valence-electron chi connectivity index (χ2n) is 6.58. The molecule has 0 spiro atoms. The van der Waals surface area contributed by atoms with Gasteiger partial charge in [0.2, 0.25) is 0 Å². The van der Waals surface area contributed by atoms with Gasteiger partial charge in [0.15, 0.2) is 5.82 Å². The molecule has 2 fully saturated rings. The van der Waals surface area contributed by atoms with Crippen LogP contribution in [0.2, 0.25) is 0 Å². The van der Waals surface area contributed by atoms with E-state index in [1.807, 2.05) is 11.9 Å². The minimum Gasteiger partial charge on any atom is -0.366 e. The summed E-state index contributed by atoms with van der Waals surface area (Å²) >= 11 is 0. The highest BCUT2D eigenvalue weighted by Gasteiger charge is 2.29. The summed E-state index contributed by atoms with van der Waals surface area (Å²) in [6.45, 7) is 3.42. The van der Waals surface area contributed by atoms with Crippen molar-refractivity contribution in [1.82, 2.24) is 19.8 Å². The highest BCUT2D eigenvalue weighted by Crippen LogP contribution is 2.15. The first kappa shape index (κ1) is 16.9. The molecule has 2 aliphatic heterocycles. The molecule has 1 aromatic rings. The number of amides is 1. The molecule has 1 amide bonds. The number of ether oxygens (including phenoxy) is 1. The predicted octanol–water partition coefficient (Wildman–Crippen LogP) is -0.804. The average molecular weight is 335 g/mol. The summed E-state index contributed by atoms with van der Waals surface area (Å²) in [5.74, 6) is 0.384. The Morgan fingerprint density at radius 1 is 1.33 bits per heavy atom. The zero-order chi connectivity index (χ0) is 17.1. The molecule has 0 aromatic carbocycles. The van der Waals surface area contributed by atoms with Gasteiger partial charge in [-0.05, 0) is 19.9 Å². The Kier molecular flexibility index (Phi) is 5.15. The van der Waals surface area contributed by atoms with Gasteiger partial charge in [-0.25, -0.2) is 4.98 Å². The van der Waals surface area contributed by atoms with Crippen LogP contribution < -0.4 is 15.8 Å². The van der Waals surface area contributed by atoms with Crippen molar-refractivity contribution in [3.8, 4) is 0 Å². The molecule has 2 atom stereocenters. The topological polar surface area (TPSA) is 79.7 Å². The highest BCUT2D eigenvalue weighted by atomic mass is 16.5. The van der Waals surface area contributed by atoms with Crippen LogP contribution in [0.4, 0.5) is 5.82 Å². The van der Waals surface area contributed by atoms with Crippen LogP contribution in [-0.2, 0) is 16.6 Å². The van der Waals surface area contributed by atoms with Crippen molar-refractivity contribution in [2.75, 3.05) is 44.7 Å². The summed E-state index contributed by atoms with van der Waals surface area (Å²) < 4.78 is 7.09. The van der Waals surface area contributed by atoms with Crippen LogP contribution in [0.1, 0.15) is 12.8 Å². The lowest BCUT2D eigenvalue weighted by Gasteiger charge is -2.35. The molecule has 0 saturated carbocycles. The third kappa shape index (κ3) is 3.76. The second kappa shape index (κ2) is 7.31. The van der Waals surface area contributed by atoms with Gasteiger partial charge in [-0.15, -0.1) is 0 Å². The molecule has 0 bridgehead atoms. The summed E-state index contributed by atoms with van der Waals surface area (Å²) in [7, 11) is 3.70. The fraction of sp³-hybridized carbons (Fsp3) is 0.688. The van der Waals surface area contributed by atoms with E-state index < -0.39 is 6.10 Å². The fourth-order valence-corrected chi connectivity index (χ4v) is 3.22. The molecule has 0 radical (unpaired) electrons. The van der Waals surface area contributed by atoms with Crippen molar-refractivity contribution in [2.24, 2.45) is 7.05 Å². The van der Waals surface area contributed by atoms with Gasteiger partial charge < -0.3 is 24.4 Å². The molecule has 2 unspecified atom stereocenters. The largest absolute Gasteiger partial charge is 0.366 e. The van der Waals surface area contributed by atoms with Gasteiger partial charge in [-0.3, -0.25) is 9.59 Å². The number of likely N-dealkylation sites (N-methyl/N-ethyl adjacent to an activating group) is 1. The van der Waals surface area contributed by atoms with Gasteiger partial charge in [0, 0.05) is 51.7 Å². The van der Waals surface area contributed by atoms with E-state index in [-0.39, 0.29) is 17.5 Å². The normalized spacial score (nSPS) is 25.5. The SMILES string of the molecule is CN1CCOC(C(=O)NC2CCCN(c3nccn(C)c3=O)C2)C1. The summed E-state index contributed by atoms with van der Waals surface area (Å²) in [4.78, 5) is 32.9. The first-order chi connectivity index (χ1) is 11.5. The predicted molar refractivity (Wildman–Crippen MR) is 90.1 cm³/mol. The Hall–Kier alpha value is -1.93. The van der Waals surface area contributed by atoms with Crippen LogP contribution in [-0.4, -0.2) is 72.3 Å². The minimum absolute atomic E-state index is 0.00814. The van der Waals surface area contributed by atoms with E-state index in [2.05, 4.69) is 15.2 Å². The van der Waals surface area contributed by atoms with Crippen LogP contribution in [0.15, 0.2) is 17.2 Å². The molecule has 0 aliphatic carbocycles. The highest BCUT2D eigenvalue weighted by molar-refractivity contribution is 5.81. The number of nitrogens with zero attached hydrogens (tertiary/aromatic N) is 4. The summed E-state index contributed by atoms with van der Waals surface area (Å²) in [5, 5.41) is 3.07.